The number of nitriles is 1. The Morgan fingerprint density at radius 1 is 1.73 bits per heavy atom. The van der Waals surface area contributed by atoms with Gasteiger partial charge in [0.15, 0.2) is 0 Å². The van der Waals surface area contributed by atoms with Crippen molar-refractivity contribution in [3.63, 3.8) is 0 Å². The van der Waals surface area contributed by atoms with E-state index in [9.17, 15) is 0 Å². The zero-order valence-corrected chi connectivity index (χ0v) is 8.63. The first kappa shape index (κ1) is 8.76. The molecule has 0 aliphatic carbocycles. The van der Waals surface area contributed by atoms with Crippen molar-refractivity contribution in [2.45, 2.75) is 19.8 Å². The Kier molecular flexibility index (Phi) is 3.10. The van der Waals surface area contributed by atoms with Gasteiger partial charge in [0.25, 0.3) is 0 Å². The molecule has 0 bridgehead atoms. The molecule has 11 heavy (non-hydrogen) atoms. The highest BCUT2D eigenvalue weighted by Crippen LogP contribution is 2.28. The van der Waals surface area contributed by atoms with E-state index in [0.29, 0.717) is 0 Å². The van der Waals surface area contributed by atoms with Crippen LogP contribution in [-0.4, -0.2) is 0 Å². The van der Waals surface area contributed by atoms with Crippen LogP contribution in [0.25, 0.3) is 0 Å². The number of aryl methyl sites for hydroxylation is 1. The molecular formula is C8H8BrNS. The van der Waals surface area contributed by atoms with Gasteiger partial charge in [-0.15, -0.1) is 11.3 Å². The van der Waals surface area contributed by atoms with Crippen LogP contribution in [0.2, 0.25) is 0 Å². The molecule has 0 N–H and O–H groups in total. The smallest absolute Gasteiger partial charge is 0.110 e. The first-order chi connectivity index (χ1) is 5.27. The van der Waals surface area contributed by atoms with E-state index in [1.165, 1.54) is 16.9 Å². The molecule has 1 nitrogen and oxygen atoms in total. The van der Waals surface area contributed by atoms with Crippen LogP contribution in [0.1, 0.15) is 23.8 Å². The van der Waals surface area contributed by atoms with E-state index in [4.69, 9.17) is 5.26 Å². The van der Waals surface area contributed by atoms with E-state index >= 15 is 0 Å². The van der Waals surface area contributed by atoms with Gasteiger partial charge in [-0.25, -0.2) is 0 Å². The molecule has 58 valence electrons. The largest absolute Gasteiger partial charge is 0.192 e. The van der Waals surface area contributed by atoms with Gasteiger partial charge in [-0.3, -0.25) is 0 Å². The van der Waals surface area contributed by atoms with Crippen LogP contribution in [0.15, 0.2) is 9.85 Å². The molecule has 0 spiro atoms. The molecule has 0 saturated heterocycles. The molecule has 0 aliphatic rings. The average molecular weight is 230 g/mol. The number of hydrogen-bond donors (Lipinski definition) is 0. The minimum absolute atomic E-state index is 0.792. The molecule has 0 amide bonds. The standard InChI is InChI=1S/C8H8BrNS/c1-2-3-6-4-7(5-10)11-8(6)9/h4H,2-3H2,1H3. The summed E-state index contributed by atoms with van der Waals surface area (Å²) in [6.07, 6.45) is 2.18. The van der Waals surface area contributed by atoms with Crippen molar-refractivity contribution in [2.24, 2.45) is 0 Å². The van der Waals surface area contributed by atoms with Crippen molar-refractivity contribution < 1.29 is 0 Å². The van der Waals surface area contributed by atoms with Gasteiger partial charge in [0, 0.05) is 0 Å². The van der Waals surface area contributed by atoms with Crippen LogP contribution in [0.4, 0.5) is 0 Å². The summed E-state index contributed by atoms with van der Waals surface area (Å²) in [5.74, 6) is 0. The van der Waals surface area contributed by atoms with Crippen molar-refractivity contribution in [1.29, 1.82) is 5.26 Å². The van der Waals surface area contributed by atoms with E-state index in [1.807, 2.05) is 6.07 Å². The second kappa shape index (κ2) is 3.89. The van der Waals surface area contributed by atoms with Crippen molar-refractivity contribution in [2.75, 3.05) is 0 Å². The summed E-state index contributed by atoms with van der Waals surface area (Å²) in [5.41, 5.74) is 1.26. The molecule has 0 saturated carbocycles. The fourth-order valence-corrected chi connectivity index (χ4v) is 2.47. The lowest BCUT2D eigenvalue weighted by Gasteiger charge is -1.90. The molecule has 3 heteroatoms. The lowest BCUT2D eigenvalue weighted by molar-refractivity contribution is 0.923. The predicted molar refractivity (Wildman–Crippen MR) is 50.7 cm³/mol. The summed E-state index contributed by atoms with van der Waals surface area (Å²) in [7, 11) is 0. The molecule has 0 aliphatic heterocycles. The van der Waals surface area contributed by atoms with E-state index in [0.717, 1.165) is 21.5 Å². The molecule has 0 radical (unpaired) electrons. The maximum atomic E-state index is 8.58. The molecule has 0 aromatic carbocycles. The summed E-state index contributed by atoms with van der Waals surface area (Å²) in [6.45, 7) is 2.14. The van der Waals surface area contributed by atoms with Gasteiger partial charge in [-0.1, -0.05) is 13.3 Å². The Bertz CT molecular complexity index is 285. The van der Waals surface area contributed by atoms with E-state index < -0.39 is 0 Å². The quantitative estimate of drug-likeness (QED) is 0.764. The number of nitrogens with zero attached hydrogens (tertiary/aromatic N) is 1. The van der Waals surface area contributed by atoms with Crippen LogP contribution in [-0.2, 0) is 6.42 Å². The SMILES string of the molecule is CCCc1cc(C#N)sc1Br. The topological polar surface area (TPSA) is 23.8 Å². The molecule has 0 atom stereocenters. The highest BCUT2D eigenvalue weighted by atomic mass is 79.9. The molecule has 1 aromatic heterocycles. The second-order valence-electron chi connectivity index (χ2n) is 2.27. The summed E-state index contributed by atoms with van der Waals surface area (Å²) >= 11 is 4.94. The van der Waals surface area contributed by atoms with Gasteiger partial charge in [-0.2, -0.15) is 5.26 Å². The summed E-state index contributed by atoms with van der Waals surface area (Å²) in [5, 5.41) is 8.58. The predicted octanol–water partition coefficient (Wildman–Crippen LogP) is 3.33. The Hall–Kier alpha value is -0.330. The van der Waals surface area contributed by atoms with Crippen LogP contribution in [0.3, 0.4) is 0 Å². The highest BCUT2D eigenvalue weighted by Gasteiger charge is 2.04. The first-order valence-corrected chi connectivity index (χ1v) is 5.07. The maximum Gasteiger partial charge on any atom is 0.110 e. The fraction of sp³-hybridized carbons (Fsp3) is 0.375. The van der Waals surface area contributed by atoms with Gasteiger partial charge >= 0.3 is 0 Å². The van der Waals surface area contributed by atoms with Gasteiger partial charge in [-0.05, 0) is 34.0 Å². The second-order valence-corrected chi connectivity index (χ2v) is 4.64. The van der Waals surface area contributed by atoms with Gasteiger partial charge in [0.2, 0.25) is 0 Å². The number of thiophene rings is 1. The Labute approximate surface area is 78.8 Å². The first-order valence-electron chi connectivity index (χ1n) is 3.46. The number of halogens is 1. The van der Waals surface area contributed by atoms with Crippen LogP contribution < -0.4 is 0 Å². The Morgan fingerprint density at radius 3 is 2.91 bits per heavy atom. The van der Waals surface area contributed by atoms with Crippen LogP contribution in [0, 0.1) is 11.3 Å². The van der Waals surface area contributed by atoms with Crippen molar-refractivity contribution >= 4 is 27.3 Å². The molecule has 0 unspecified atom stereocenters. The fourth-order valence-electron chi connectivity index (χ4n) is 0.901. The lowest BCUT2D eigenvalue weighted by atomic mass is 10.2. The number of hydrogen-bond acceptors (Lipinski definition) is 2. The summed E-state index contributed by atoms with van der Waals surface area (Å²) in [6, 6.07) is 4.09. The van der Waals surface area contributed by atoms with Gasteiger partial charge in [0.05, 0.1) is 3.79 Å². The van der Waals surface area contributed by atoms with Crippen molar-refractivity contribution in [1.82, 2.24) is 0 Å². The molecule has 0 fully saturated rings. The van der Waals surface area contributed by atoms with E-state index in [1.54, 1.807) is 0 Å². The normalized spacial score (nSPS) is 9.55. The Balaban J connectivity index is 2.90. The highest BCUT2D eigenvalue weighted by molar-refractivity contribution is 9.11. The number of rotatable bonds is 2. The zero-order chi connectivity index (χ0) is 8.27. The summed E-state index contributed by atoms with van der Waals surface area (Å²) in [4.78, 5) is 0.792. The lowest BCUT2D eigenvalue weighted by Crippen LogP contribution is -1.77. The monoisotopic (exact) mass is 229 g/mol. The molecular weight excluding hydrogens is 222 g/mol. The maximum absolute atomic E-state index is 8.58. The minimum Gasteiger partial charge on any atom is -0.192 e. The van der Waals surface area contributed by atoms with E-state index in [-0.39, 0.29) is 0 Å². The third kappa shape index (κ3) is 2.05. The van der Waals surface area contributed by atoms with Crippen molar-refractivity contribution in [3.8, 4) is 6.07 Å². The molecule has 1 heterocycles. The van der Waals surface area contributed by atoms with Gasteiger partial charge < -0.3 is 0 Å². The third-order valence-corrected chi connectivity index (χ3v) is 3.25. The molecule has 1 aromatic rings. The van der Waals surface area contributed by atoms with Gasteiger partial charge in [0.1, 0.15) is 10.9 Å². The van der Waals surface area contributed by atoms with Crippen LogP contribution in [0.5, 0.6) is 0 Å². The summed E-state index contributed by atoms with van der Waals surface area (Å²) < 4.78 is 1.11. The van der Waals surface area contributed by atoms with E-state index in [2.05, 4.69) is 28.9 Å². The average Bonchev–Trinajstić information content (AvgIpc) is 2.33. The zero-order valence-electron chi connectivity index (χ0n) is 6.22. The third-order valence-electron chi connectivity index (χ3n) is 1.39. The van der Waals surface area contributed by atoms with Crippen LogP contribution >= 0.6 is 27.3 Å². The molecule has 1 rings (SSSR count). The Morgan fingerprint density at radius 2 is 2.45 bits per heavy atom. The van der Waals surface area contributed by atoms with Crippen molar-refractivity contribution in [3.05, 3.63) is 20.3 Å². The minimum atomic E-state index is 0.792.